The Morgan fingerprint density at radius 1 is 1.48 bits per heavy atom. The molecular formula is C14H15FN2O2S2. The molecule has 3 rings (SSSR count). The van der Waals surface area contributed by atoms with Gasteiger partial charge in [-0.15, -0.1) is 23.5 Å². The van der Waals surface area contributed by atoms with Crippen LogP contribution >= 0.6 is 23.5 Å². The molecule has 0 aromatic heterocycles. The number of amides is 2. The van der Waals surface area contributed by atoms with Gasteiger partial charge in [0.15, 0.2) is 0 Å². The van der Waals surface area contributed by atoms with Crippen LogP contribution in [-0.4, -0.2) is 40.6 Å². The summed E-state index contributed by atoms with van der Waals surface area (Å²) in [6.45, 7) is 0.0835. The molecule has 112 valence electrons. The molecule has 2 aliphatic heterocycles. The van der Waals surface area contributed by atoms with Crippen molar-refractivity contribution in [1.82, 2.24) is 10.2 Å². The topological polar surface area (TPSA) is 49.4 Å². The molecule has 7 heteroatoms. The Balaban J connectivity index is 1.67. The normalized spacial score (nSPS) is 21.3. The molecule has 1 atom stereocenters. The maximum Gasteiger partial charge on any atom is 0.240 e. The van der Waals surface area contributed by atoms with Crippen molar-refractivity contribution in [3.8, 4) is 0 Å². The Hall–Kier alpha value is -1.21. The van der Waals surface area contributed by atoms with E-state index in [2.05, 4.69) is 5.32 Å². The van der Waals surface area contributed by atoms with E-state index in [1.54, 1.807) is 22.7 Å². The molecule has 1 fully saturated rings. The van der Waals surface area contributed by atoms with Crippen LogP contribution in [0.15, 0.2) is 23.1 Å². The minimum atomic E-state index is -0.290. The van der Waals surface area contributed by atoms with Gasteiger partial charge in [0.2, 0.25) is 11.8 Å². The summed E-state index contributed by atoms with van der Waals surface area (Å²) in [6.07, 6.45) is 0.773. The predicted octanol–water partition coefficient (Wildman–Crippen LogP) is 2.01. The van der Waals surface area contributed by atoms with Crippen LogP contribution < -0.4 is 5.32 Å². The highest BCUT2D eigenvalue weighted by Gasteiger charge is 2.26. The van der Waals surface area contributed by atoms with Crippen LogP contribution in [0.2, 0.25) is 0 Å². The van der Waals surface area contributed by atoms with Gasteiger partial charge in [-0.2, -0.15) is 0 Å². The van der Waals surface area contributed by atoms with E-state index >= 15 is 0 Å². The van der Waals surface area contributed by atoms with Crippen molar-refractivity contribution in [2.75, 3.05) is 23.9 Å². The van der Waals surface area contributed by atoms with Gasteiger partial charge in [0.1, 0.15) is 12.4 Å². The third kappa shape index (κ3) is 3.35. The number of nitrogens with zero attached hydrogens (tertiary/aromatic N) is 1. The molecule has 2 aliphatic rings. The number of hydrogen-bond acceptors (Lipinski definition) is 4. The summed E-state index contributed by atoms with van der Waals surface area (Å²) in [5, 5.41) is 2.93. The van der Waals surface area contributed by atoms with Gasteiger partial charge < -0.3 is 10.2 Å². The molecule has 0 aliphatic carbocycles. The van der Waals surface area contributed by atoms with Crippen molar-refractivity contribution < 1.29 is 14.0 Å². The van der Waals surface area contributed by atoms with Gasteiger partial charge in [0.25, 0.3) is 0 Å². The lowest BCUT2D eigenvalue weighted by atomic mass is 10.0. The SMILES string of the molecule is O=C(CN1CSCC1=O)NC1CCSc2ccc(F)cc21. The van der Waals surface area contributed by atoms with Crippen LogP contribution in [0, 0.1) is 5.82 Å². The van der Waals surface area contributed by atoms with Gasteiger partial charge in [0, 0.05) is 10.6 Å². The molecular weight excluding hydrogens is 311 g/mol. The smallest absolute Gasteiger partial charge is 0.240 e. The van der Waals surface area contributed by atoms with Crippen LogP contribution in [0.5, 0.6) is 0 Å². The zero-order valence-electron chi connectivity index (χ0n) is 11.3. The van der Waals surface area contributed by atoms with Crippen LogP contribution in [-0.2, 0) is 9.59 Å². The highest BCUT2D eigenvalue weighted by molar-refractivity contribution is 8.00. The molecule has 4 nitrogen and oxygen atoms in total. The summed E-state index contributed by atoms with van der Waals surface area (Å²) in [5.74, 6) is 1.43. The van der Waals surface area contributed by atoms with Crippen LogP contribution in [0.4, 0.5) is 4.39 Å². The van der Waals surface area contributed by atoms with Crippen LogP contribution in [0.25, 0.3) is 0 Å². The van der Waals surface area contributed by atoms with Crippen molar-refractivity contribution in [2.24, 2.45) is 0 Å². The molecule has 0 saturated carbocycles. The summed E-state index contributed by atoms with van der Waals surface area (Å²) in [7, 11) is 0. The average Bonchev–Trinajstić information content (AvgIpc) is 2.85. The minimum Gasteiger partial charge on any atom is -0.348 e. The number of halogens is 1. The molecule has 1 N–H and O–H groups in total. The first-order valence-electron chi connectivity index (χ1n) is 6.70. The molecule has 0 radical (unpaired) electrons. The summed E-state index contributed by atoms with van der Waals surface area (Å²) in [6, 6.07) is 4.52. The highest BCUT2D eigenvalue weighted by Crippen LogP contribution is 2.36. The number of benzene rings is 1. The van der Waals surface area contributed by atoms with E-state index in [4.69, 9.17) is 0 Å². The number of fused-ring (bicyclic) bond motifs is 1. The maximum absolute atomic E-state index is 13.4. The Kier molecular flexibility index (Phi) is 4.40. The zero-order chi connectivity index (χ0) is 14.8. The largest absolute Gasteiger partial charge is 0.348 e. The molecule has 2 amide bonds. The fraction of sp³-hybridized carbons (Fsp3) is 0.429. The van der Waals surface area contributed by atoms with Gasteiger partial charge in [-0.05, 0) is 30.2 Å². The zero-order valence-corrected chi connectivity index (χ0v) is 12.9. The van der Waals surface area contributed by atoms with E-state index in [1.807, 2.05) is 0 Å². The number of rotatable bonds is 3. The monoisotopic (exact) mass is 326 g/mol. The van der Waals surface area contributed by atoms with Crippen molar-refractivity contribution >= 4 is 35.3 Å². The third-order valence-corrected chi connectivity index (χ3v) is 5.57. The Morgan fingerprint density at radius 2 is 2.33 bits per heavy atom. The first-order chi connectivity index (χ1) is 10.1. The molecule has 1 unspecified atom stereocenters. The number of thioether (sulfide) groups is 2. The van der Waals surface area contributed by atoms with Gasteiger partial charge >= 0.3 is 0 Å². The number of hydrogen-bond donors (Lipinski definition) is 1. The summed E-state index contributed by atoms with van der Waals surface area (Å²) in [5.41, 5.74) is 0.835. The lowest BCUT2D eigenvalue weighted by Crippen LogP contribution is -2.40. The number of carbonyl (C=O) groups is 2. The van der Waals surface area contributed by atoms with Gasteiger partial charge in [-0.25, -0.2) is 4.39 Å². The molecule has 0 bridgehead atoms. The lowest BCUT2D eigenvalue weighted by Gasteiger charge is -2.26. The van der Waals surface area contributed by atoms with E-state index in [-0.39, 0.29) is 30.2 Å². The summed E-state index contributed by atoms with van der Waals surface area (Å²) < 4.78 is 13.4. The molecule has 1 aromatic rings. The molecule has 1 saturated heterocycles. The second-order valence-electron chi connectivity index (χ2n) is 5.01. The van der Waals surface area contributed by atoms with Crippen molar-refractivity contribution in [2.45, 2.75) is 17.4 Å². The average molecular weight is 326 g/mol. The Morgan fingerprint density at radius 3 is 3.10 bits per heavy atom. The van der Waals surface area contributed by atoms with Gasteiger partial charge in [-0.1, -0.05) is 0 Å². The van der Waals surface area contributed by atoms with E-state index in [0.29, 0.717) is 11.6 Å². The van der Waals surface area contributed by atoms with Crippen molar-refractivity contribution in [3.63, 3.8) is 0 Å². The Bertz CT molecular complexity index is 582. The third-order valence-electron chi connectivity index (χ3n) is 3.51. The molecule has 1 aromatic carbocycles. The van der Waals surface area contributed by atoms with Crippen LogP contribution in [0.3, 0.4) is 0 Å². The first-order valence-corrected chi connectivity index (χ1v) is 8.84. The van der Waals surface area contributed by atoms with Crippen LogP contribution in [0.1, 0.15) is 18.0 Å². The van der Waals surface area contributed by atoms with Gasteiger partial charge in [-0.3, -0.25) is 9.59 Å². The summed E-state index contributed by atoms with van der Waals surface area (Å²) >= 11 is 3.19. The summed E-state index contributed by atoms with van der Waals surface area (Å²) in [4.78, 5) is 26.2. The molecule has 0 spiro atoms. The Labute approximate surface area is 130 Å². The second-order valence-corrected chi connectivity index (χ2v) is 7.10. The minimum absolute atomic E-state index is 0.000735. The fourth-order valence-corrected chi connectivity index (χ4v) is 4.48. The van der Waals surface area contributed by atoms with Gasteiger partial charge in [0.05, 0.1) is 17.7 Å². The number of nitrogens with one attached hydrogen (secondary N) is 1. The van der Waals surface area contributed by atoms with E-state index in [1.165, 1.54) is 23.9 Å². The predicted molar refractivity (Wildman–Crippen MR) is 81.7 cm³/mol. The van der Waals surface area contributed by atoms with Crippen molar-refractivity contribution in [3.05, 3.63) is 29.6 Å². The molecule has 21 heavy (non-hydrogen) atoms. The highest BCUT2D eigenvalue weighted by atomic mass is 32.2. The first kappa shape index (κ1) is 14.7. The molecule has 2 heterocycles. The maximum atomic E-state index is 13.4. The van der Waals surface area contributed by atoms with Crippen molar-refractivity contribution in [1.29, 1.82) is 0 Å². The number of carbonyl (C=O) groups excluding carboxylic acids is 2. The lowest BCUT2D eigenvalue weighted by molar-refractivity contribution is -0.132. The fourth-order valence-electron chi connectivity index (χ4n) is 2.47. The van der Waals surface area contributed by atoms with E-state index < -0.39 is 0 Å². The standard InChI is InChI=1S/C14H15FN2O2S2/c15-9-1-2-12-10(5-9)11(3-4-21-12)16-13(18)6-17-8-20-7-14(17)19/h1-2,5,11H,3-4,6-8H2,(H,16,18). The van der Waals surface area contributed by atoms with E-state index in [9.17, 15) is 14.0 Å². The van der Waals surface area contributed by atoms with E-state index in [0.717, 1.165) is 22.6 Å². The second kappa shape index (κ2) is 6.27. The quantitative estimate of drug-likeness (QED) is 0.923.